The molecule has 0 amide bonds. The Kier molecular flexibility index (Phi) is 5.19. The fourth-order valence-electron chi connectivity index (χ4n) is 1.90. The Morgan fingerprint density at radius 2 is 1.62 bits per heavy atom. The number of aliphatic hydroxyl groups excluding tert-OH is 2. The number of fused-ring (bicyclic) bond motifs is 1. The highest BCUT2D eigenvalue weighted by Gasteiger charge is 2.35. The van der Waals surface area contributed by atoms with Crippen molar-refractivity contribution in [3.05, 3.63) is 32.9 Å². The van der Waals surface area contributed by atoms with E-state index in [1.807, 2.05) is 14.1 Å². The van der Waals surface area contributed by atoms with Crippen LogP contribution in [0.2, 0.25) is 10.0 Å². The minimum absolute atomic E-state index is 0.0930. The van der Waals surface area contributed by atoms with Gasteiger partial charge in [-0.3, -0.25) is 4.90 Å². The number of hydrogen-bond acceptors (Lipinski definition) is 6. The third kappa shape index (κ3) is 3.36. The average Bonchev–Trinajstić information content (AvgIpc) is 2.79. The number of hydrogen-bond donors (Lipinski definition) is 2. The van der Waals surface area contributed by atoms with Crippen molar-refractivity contribution >= 4 is 23.2 Å². The fourth-order valence-corrected chi connectivity index (χ4v) is 2.22. The third-order valence-electron chi connectivity index (χ3n) is 3.25. The molecule has 0 unspecified atom stereocenters. The second-order valence-corrected chi connectivity index (χ2v) is 5.76. The first-order chi connectivity index (χ1) is 9.91. The minimum atomic E-state index is -0.959. The second kappa shape index (κ2) is 6.56. The third-order valence-corrected chi connectivity index (χ3v) is 3.97. The maximum absolute atomic E-state index is 9.07. The molecule has 6 nitrogen and oxygen atoms in total. The second-order valence-electron chi connectivity index (χ2n) is 4.95. The van der Waals surface area contributed by atoms with Gasteiger partial charge < -0.3 is 14.9 Å². The first-order valence-corrected chi connectivity index (χ1v) is 7.13. The zero-order valence-corrected chi connectivity index (χ0v) is 13.3. The van der Waals surface area contributed by atoms with Gasteiger partial charge >= 0.3 is 0 Å². The van der Waals surface area contributed by atoms with Gasteiger partial charge in [0, 0.05) is 0 Å². The van der Waals surface area contributed by atoms with Gasteiger partial charge in [0.05, 0.1) is 34.0 Å². The summed E-state index contributed by atoms with van der Waals surface area (Å²) < 4.78 is 5.49. The van der Waals surface area contributed by atoms with Crippen molar-refractivity contribution in [3.8, 4) is 0 Å². The lowest BCUT2D eigenvalue weighted by atomic mass is 10.3. The molecule has 1 aliphatic heterocycles. The van der Waals surface area contributed by atoms with E-state index in [9.17, 15) is 0 Å². The number of nitrogens with zero attached hydrogens (tertiary/aromatic N) is 3. The van der Waals surface area contributed by atoms with Crippen LogP contribution < -0.4 is 10.7 Å². The Labute approximate surface area is 132 Å². The largest absolute Gasteiger partial charge is 0.394 e. The van der Waals surface area contributed by atoms with Gasteiger partial charge in [0.25, 0.3) is 0 Å². The lowest BCUT2D eigenvalue weighted by Crippen LogP contribution is -2.46. The molecule has 0 atom stereocenters. The number of rotatable bonds is 6. The van der Waals surface area contributed by atoms with E-state index in [4.69, 9.17) is 38.2 Å². The van der Waals surface area contributed by atoms with E-state index >= 15 is 0 Å². The standard InChI is InChI=1S/C13H17Cl2N3O3/c1-18(2)13(7-21-8(5-19)6-20)16-11-3-9(14)10(15)4-12(11)17-13/h3-4,8,19-20H,5-7H2,1-2H3. The molecule has 0 radical (unpaired) electrons. The lowest BCUT2D eigenvalue weighted by Gasteiger charge is -2.31. The van der Waals surface area contributed by atoms with E-state index in [1.165, 1.54) is 0 Å². The molecule has 0 aliphatic carbocycles. The molecular formula is C13H17Cl2N3O3. The van der Waals surface area contributed by atoms with E-state index in [2.05, 4.69) is 9.98 Å². The SMILES string of the molecule is CN(C)C1(COC(CO)CO)N=c2cc(Cl)c(Cl)cc2=N1. The quantitative estimate of drug-likeness (QED) is 0.757. The van der Waals surface area contributed by atoms with E-state index in [1.54, 1.807) is 17.0 Å². The molecule has 2 rings (SSSR count). The molecule has 0 fully saturated rings. The van der Waals surface area contributed by atoms with Crippen molar-refractivity contribution in [1.82, 2.24) is 4.90 Å². The number of aliphatic hydroxyl groups is 2. The summed E-state index contributed by atoms with van der Waals surface area (Å²) in [4.78, 5) is 10.9. The lowest BCUT2D eigenvalue weighted by molar-refractivity contribution is -0.0607. The van der Waals surface area contributed by atoms with Crippen LogP contribution in [0.5, 0.6) is 0 Å². The summed E-state index contributed by atoms with van der Waals surface area (Å²) in [6, 6.07) is 3.31. The first kappa shape index (κ1) is 16.6. The van der Waals surface area contributed by atoms with Gasteiger partial charge in [-0.25, -0.2) is 9.98 Å². The molecule has 1 aromatic rings. The predicted octanol–water partition coefficient (Wildman–Crippen LogP) is -0.169. The Hall–Kier alpha value is -0.760. The van der Waals surface area contributed by atoms with E-state index in [0.717, 1.165) is 0 Å². The van der Waals surface area contributed by atoms with Crippen LogP contribution in [0, 0.1) is 0 Å². The van der Waals surface area contributed by atoms with Crippen LogP contribution in [-0.2, 0) is 4.74 Å². The van der Waals surface area contributed by atoms with Crippen molar-refractivity contribution in [2.75, 3.05) is 33.9 Å². The number of ether oxygens (including phenoxy) is 1. The summed E-state index contributed by atoms with van der Waals surface area (Å²) in [6.07, 6.45) is -0.664. The number of halogens is 2. The van der Waals surface area contributed by atoms with Crippen LogP contribution in [-0.4, -0.2) is 60.9 Å². The van der Waals surface area contributed by atoms with Crippen molar-refractivity contribution in [3.63, 3.8) is 0 Å². The van der Waals surface area contributed by atoms with Gasteiger partial charge in [-0.15, -0.1) is 0 Å². The molecule has 8 heteroatoms. The molecule has 0 aromatic heterocycles. The zero-order valence-electron chi connectivity index (χ0n) is 11.8. The smallest absolute Gasteiger partial charge is 0.231 e. The molecule has 1 aromatic carbocycles. The van der Waals surface area contributed by atoms with Crippen LogP contribution in [0.15, 0.2) is 22.1 Å². The maximum Gasteiger partial charge on any atom is 0.231 e. The molecule has 21 heavy (non-hydrogen) atoms. The molecule has 1 aliphatic rings. The summed E-state index contributed by atoms with van der Waals surface area (Å²) in [7, 11) is 3.64. The van der Waals surface area contributed by atoms with Gasteiger partial charge in [0.15, 0.2) is 0 Å². The van der Waals surface area contributed by atoms with Crippen molar-refractivity contribution in [2.24, 2.45) is 9.98 Å². The maximum atomic E-state index is 9.07. The normalized spacial score (nSPS) is 16.0. The predicted molar refractivity (Wildman–Crippen MR) is 79.1 cm³/mol. The van der Waals surface area contributed by atoms with Crippen molar-refractivity contribution in [2.45, 2.75) is 11.9 Å². The highest BCUT2D eigenvalue weighted by molar-refractivity contribution is 6.41. The molecule has 2 N–H and O–H groups in total. The van der Waals surface area contributed by atoms with E-state index in [0.29, 0.717) is 20.8 Å². The summed E-state index contributed by atoms with van der Waals surface area (Å²) in [5.74, 6) is -0.959. The highest BCUT2D eigenvalue weighted by Crippen LogP contribution is 2.22. The van der Waals surface area contributed by atoms with Gasteiger partial charge in [-0.1, -0.05) is 23.2 Å². The zero-order chi connectivity index (χ0) is 15.6. The Morgan fingerprint density at radius 1 is 1.14 bits per heavy atom. The average molecular weight is 334 g/mol. The van der Waals surface area contributed by atoms with Gasteiger partial charge in [0.2, 0.25) is 5.79 Å². The number of likely N-dealkylation sites (N-methyl/N-ethyl adjacent to an activating group) is 1. The van der Waals surface area contributed by atoms with E-state index in [-0.39, 0.29) is 19.8 Å². The van der Waals surface area contributed by atoms with Crippen LogP contribution in [0.25, 0.3) is 0 Å². The molecule has 0 spiro atoms. The highest BCUT2D eigenvalue weighted by atomic mass is 35.5. The first-order valence-electron chi connectivity index (χ1n) is 6.37. The van der Waals surface area contributed by atoms with Crippen LogP contribution in [0.3, 0.4) is 0 Å². The molecular weight excluding hydrogens is 317 g/mol. The van der Waals surface area contributed by atoms with Crippen LogP contribution in [0.4, 0.5) is 0 Å². The molecule has 1 heterocycles. The Balaban J connectivity index is 2.35. The van der Waals surface area contributed by atoms with Crippen molar-refractivity contribution in [1.29, 1.82) is 0 Å². The Bertz CT molecular complexity index is 591. The van der Waals surface area contributed by atoms with Crippen LogP contribution in [0.1, 0.15) is 0 Å². The summed E-state index contributed by atoms with van der Waals surface area (Å²) in [6.45, 7) is -0.453. The minimum Gasteiger partial charge on any atom is -0.394 e. The summed E-state index contributed by atoms with van der Waals surface area (Å²) >= 11 is 12.0. The topological polar surface area (TPSA) is 77.7 Å². The van der Waals surface area contributed by atoms with Crippen LogP contribution >= 0.6 is 23.2 Å². The fraction of sp³-hybridized carbons (Fsp3) is 0.538. The molecule has 0 bridgehead atoms. The van der Waals surface area contributed by atoms with Crippen molar-refractivity contribution < 1.29 is 14.9 Å². The monoisotopic (exact) mass is 333 g/mol. The summed E-state index contributed by atoms with van der Waals surface area (Å²) in [5.41, 5.74) is 0. The van der Waals surface area contributed by atoms with Gasteiger partial charge in [-0.2, -0.15) is 0 Å². The van der Waals surface area contributed by atoms with Gasteiger partial charge in [-0.05, 0) is 26.2 Å². The molecule has 0 saturated heterocycles. The number of benzene rings is 1. The molecule has 0 saturated carbocycles. The van der Waals surface area contributed by atoms with E-state index < -0.39 is 11.9 Å². The Morgan fingerprint density at radius 3 is 2.00 bits per heavy atom. The molecule has 116 valence electrons. The van der Waals surface area contributed by atoms with Gasteiger partial charge in [0.1, 0.15) is 12.7 Å². The summed E-state index contributed by atoms with van der Waals surface area (Å²) in [5, 5.41) is 20.2.